The summed E-state index contributed by atoms with van der Waals surface area (Å²) < 4.78 is 1.74. The fraction of sp³-hybridized carbons (Fsp3) is 0.615. The maximum Gasteiger partial charge on any atom is 0.240 e. The summed E-state index contributed by atoms with van der Waals surface area (Å²) in [6.45, 7) is 5.95. The Hall–Kier alpha value is -1.83. The highest BCUT2D eigenvalue weighted by molar-refractivity contribution is 5.84. The summed E-state index contributed by atoms with van der Waals surface area (Å²) in [6.07, 6.45) is 3.23. The van der Waals surface area contributed by atoms with Gasteiger partial charge in [0.2, 0.25) is 5.91 Å². The van der Waals surface area contributed by atoms with Crippen molar-refractivity contribution in [3.63, 3.8) is 0 Å². The van der Waals surface area contributed by atoms with Gasteiger partial charge in [-0.25, -0.2) is 0 Å². The lowest BCUT2D eigenvalue weighted by Gasteiger charge is -2.18. The van der Waals surface area contributed by atoms with Crippen molar-refractivity contribution in [2.75, 3.05) is 0 Å². The topological polar surface area (TPSA) is 70.7 Å². The number of nitrogens with one attached hydrogen (secondary N) is 1. The smallest absolute Gasteiger partial charge is 0.240 e. The highest BCUT2D eigenvalue weighted by Gasteiger charge is 2.30. The van der Waals surface area contributed by atoms with Crippen LogP contribution in [0, 0.1) is 16.7 Å². The van der Waals surface area contributed by atoms with Crippen LogP contribution < -0.4 is 5.32 Å². The number of aromatic nitrogens is 2. The third kappa shape index (κ3) is 2.89. The molecule has 1 N–H and O–H groups in total. The van der Waals surface area contributed by atoms with E-state index in [1.165, 1.54) is 0 Å². The maximum atomic E-state index is 11.9. The van der Waals surface area contributed by atoms with Crippen LogP contribution >= 0.6 is 0 Å². The van der Waals surface area contributed by atoms with Gasteiger partial charge in [-0.15, -0.1) is 0 Å². The van der Waals surface area contributed by atoms with E-state index < -0.39 is 5.41 Å². The molecule has 0 aliphatic heterocycles. The minimum absolute atomic E-state index is 0.224. The molecule has 1 heterocycles. The molecule has 0 aliphatic rings. The molecule has 0 spiro atoms. The van der Waals surface area contributed by atoms with E-state index >= 15 is 0 Å². The Kier molecular flexibility index (Phi) is 4.49. The van der Waals surface area contributed by atoms with Crippen LogP contribution in [0.2, 0.25) is 0 Å². The van der Waals surface area contributed by atoms with Gasteiger partial charge in [-0.05, 0) is 19.8 Å². The molecule has 0 fully saturated rings. The van der Waals surface area contributed by atoms with Crippen molar-refractivity contribution in [1.82, 2.24) is 15.1 Å². The number of carbonyl (C=O) groups is 1. The molecule has 0 bridgehead atoms. The number of aryl methyl sites for hydroxylation is 2. The summed E-state index contributed by atoms with van der Waals surface area (Å²) in [5.74, 6) is -0.224. The molecule has 1 aromatic rings. The van der Waals surface area contributed by atoms with Crippen molar-refractivity contribution in [2.24, 2.45) is 12.5 Å². The molecule has 0 saturated heterocycles. The summed E-state index contributed by atoms with van der Waals surface area (Å²) in [6, 6.07) is 2.07. The fourth-order valence-corrected chi connectivity index (χ4v) is 1.69. The summed E-state index contributed by atoms with van der Waals surface area (Å²) in [4.78, 5) is 11.9. The molecule has 0 radical (unpaired) electrons. The van der Waals surface area contributed by atoms with E-state index in [4.69, 9.17) is 5.26 Å². The molecule has 0 aromatic carbocycles. The van der Waals surface area contributed by atoms with Gasteiger partial charge in [0.15, 0.2) is 0 Å². The number of rotatable bonds is 5. The van der Waals surface area contributed by atoms with Gasteiger partial charge in [-0.1, -0.05) is 13.8 Å². The van der Waals surface area contributed by atoms with E-state index in [1.54, 1.807) is 11.6 Å². The third-order valence-electron chi connectivity index (χ3n) is 3.22. The maximum absolute atomic E-state index is 11.9. The third-order valence-corrected chi connectivity index (χ3v) is 3.22. The molecule has 1 aromatic heterocycles. The van der Waals surface area contributed by atoms with E-state index in [9.17, 15) is 4.79 Å². The van der Waals surface area contributed by atoms with Crippen molar-refractivity contribution in [2.45, 2.75) is 40.2 Å². The predicted molar refractivity (Wildman–Crippen MR) is 68.4 cm³/mol. The van der Waals surface area contributed by atoms with Gasteiger partial charge in [0.05, 0.1) is 11.8 Å². The first kappa shape index (κ1) is 14.2. The van der Waals surface area contributed by atoms with Gasteiger partial charge in [0.1, 0.15) is 5.41 Å². The molecule has 1 amide bonds. The second-order valence-corrected chi connectivity index (χ2v) is 4.61. The highest BCUT2D eigenvalue weighted by atomic mass is 16.2. The number of hydrogen-bond donors (Lipinski definition) is 1. The molecule has 5 nitrogen and oxygen atoms in total. The summed E-state index contributed by atoms with van der Waals surface area (Å²) in [5, 5.41) is 16.2. The second kappa shape index (κ2) is 5.67. The van der Waals surface area contributed by atoms with Gasteiger partial charge in [0.25, 0.3) is 0 Å². The van der Waals surface area contributed by atoms with E-state index in [-0.39, 0.29) is 5.91 Å². The molecular weight excluding hydrogens is 228 g/mol. The van der Waals surface area contributed by atoms with Crippen LogP contribution in [0.25, 0.3) is 0 Å². The zero-order valence-corrected chi connectivity index (χ0v) is 11.4. The molecule has 18 heavy (non-hydrogen) atoms. The Balaban J connectivity index is 2.71. The van der Waals surface area contributed by atoms with Crippen molar-refractivity contribution < 1.29 is 4.79 Å². The van der Waals surface area contributed by atoms with Crippen molar-refractivity contribution in [1.29, 1.82) is 5.26 Å². The normalized spacial score (nSPS) is 13.7. The van der Waals surface area contributed by atoms with Crippen LogP contribution in [0.1, 0.15) is 38.4 Å². The van der Waals surface area contributed by atoms with Crippen LogP contribution in [0.15, 0.2) is 6.20 Å². The summed E-state index contributed by atoms with van der Waals surface area (Å²) >= 11 is 0. The first-order valence-electron chi connectivity index (χ1n) is 6.17. The lowest BCUT2D eigenvalue weighted by atomic mass is 9.88. The van der Waals surface area contributed by atoms with Gasteiger partial charge in [-0.3, -0.25) is 9.48 Å². The zero-order chi connectivity index (χ0) is 13.8. The van der Waals surface area contributed by atoms with Crippen molar-refractivity contribution in [3.8, 4) is 6.07 Å². The molecule has 0 saturated carbocycles. The Labute approximate surface area is 108 Å². The van der Waals surface area contributed by atoms with Crippen molar-refractivity contribution in [3.05, 3.63) is 17.5 Å². The standard InChI is InChI=1S/C13H20N4O/c1-5-11-10(8-17(4)16-11)7-15-12(18)13(3,6-2)9-14/h8H,5-7H2,1-4H3,(H,15,18). The number of amides is 1. The first-order valence-corrected chi connectivity index (χ1v) is 6.17. The Morgan fingerprint density at radius 1 is 1.61 bits per heavy atom. The fourth-order valence-electron chi connectivity index (χ4n) is 1.69. The minimum Gasteiger partial charge on any atom is -0.351 e. The molecule has 0 aliphatic carbocycles. The number of nitriles is 1. The first-order chi connectivity index (χ1) is 8.46. The lowest BCUT2D eigenvalue weighted by molar-refractivity contribution is -0.127. The monoisotopic (exact) mass is 248 g/mol. The quantitative estimate of drug-likeness (QED) is 0.859. The van der Waals surface area contributed by atoms with E-state index in [1.807, 2.05) is 27.1 Å². The Morgan fingerprint density at radius 3 is 2.78 bits per heavy atom. The summed E-state index contributed by atoms with van der Waals surface area (Å²) in [7, 11) is 1.86. The van der Waals surface area contributed by atoms with E-state index in [0.29, 0.717) is 13.0 Å². The molecule has 1 rings (SSSR count). The van der Waals surface area contributed by atoms with Gasteiger partial charge >= 0.3 is 0 Å². The van der Waals surface area contributed by atoms with Crippen LogP contribution in [-0.4, -0.2) is 15.7 Å². The van der Waals surface area contributed by atoms with E-state index in [2.05, 4.69) is 16.5 Å². The van der Waals surface area contributed by atoms with Gasteiger partial charge in [0, 0.05) is 25.4 Å². The largest absolute Gasteiger partial charge is 0.351 e. The number of hydrogen-bond acceptors (Lipinski definition) is 3. The van der Waals surface area contributed by atoms with Crippen LogP contribution in [-0.2, 0) is 24.8 Å². The highest BCUT2D eigenvalue weighted by Crippen LogP contribution is 2.20. The van der Waals surface area contributed by atoms with Gasteiger partial charge in [-0.2, -0.15) is 10.4 Å². The van der Waals surface area contributed by atoms with Crippen LogP contribution in [0.3, 0.4) is 0 Å². The average Bonchev–Trinajstić information content (AvgIpc) is 2.75. The van der Waals surface area contributed by atoms with Crippen LogP contribution in [0.5, 0.6) is 0 Å². The number of carbonyl (C=O) groups excluding carboxylic acids is 1. The SMILES string of the molecule is CCc1nn(C)cc1CNC(=O)C(C)(C#N)CC. The number of nitrogens with zero attached hydrogens (tertiary/aromatic N) is 3. The molecule has 5 heteroatoms. The summed E-state index contributed by atoms with van der Waals surface area (Å²) in [5.41, 5.74) is 1.03. The average molecular weight is 248 g/mol. The Bertz CT molecular complexity index is 472. The second-order valence-electron chi connectivity index (χ2n) is 4.61. The Morgan fingerprint density at radius 2 is 2.28 bits per heavy atom. The molecule has 1 unspecified atom stereocenters. The molecular formula is C13H20N4O. The molecule has 98 valence electrons. The lowest BCUT2D eigenvalue weighted by Crippen LogP contribution is -2.37. The van der Waals surface area contributed by atoms with Crippen molar-refractivity contribution >= 4 is 5.91 Å². The van der Waals surface area contributed by atoms with Gasteiger partial charge < -0.3 is 5.32 Å². The predicted octanol–water partition coefficient (Wildman–Crippen LogP) is 1.54. The van der Waals surface area contributed by atoms with Crippen LogP contribution in [0.4, 0.5) is 0 Å². The zero-order valence-electron chi connectivity index (χ0n) is 11.4. The van der Waals surface area contributed by atoms with E-state index in [0.717, 1.165) is 17.7 Å². The minimum atomic E-state index is -0.950. The molecule has 1 atom stereocenters.